The van der Waals surface area contributed by atoms with Gasteiger partial charge in [0.1, 0.15) is 18.0 Å². The number of amides is 2. The number of anilines is 2. The molecule has 1 aliphatic rings. The quantitative estimate of drug-likeness (QED) is 0.614. The first-order valence-electron chi connectivity index (χ1n) is 9.28. The second-order valence-electron chi connectivity index (χ2n) is 6.79. The van der Waals surface area contributed by atoms with E-state index in [1.165, 1.54) is 30.8 Å². The Bertz CT molecular complexity index is 859. The summed E-state index contributed by atoms with van der Waals surface area (Å²) in [5, 5.41) is 5.40. The van der Waals surface area contributed by atoms with Gasteiger partial charge in [0.05, 0.1) is 0 Å². The Morgan fingerprint density at radius 2 is 1.90 bits per heavy atom. The molecule has 1 aliphatic carbocycles. The van der Waals surface area contributed by atoms with E-state index in [0.29, 0.717) is 5.75 Å². The van der Waals surface area contributed by atoms with Crippen LogP contribution >= 0.6 is 12.4 Å². The predicted octanol–water partition coefficient (Wildman–Crippen LogP) is 3.79. The largest absolute Gasteiger partial charge is 0.454 e. The molecule has 0 saturated heterocycles. The Kier molecular flexibility index (Phi) is 8.21. The number of nitrogens with two attached hydrogens (primary N) is 1. The van der Waals surface area contributed by atoms with Gasteiger partial charge in [-0.15, -0.1) is 12.4 Å². The number of nitrogen functional groups attached to an aromatic ring is 1. The van der Waals surface area contributed by atoms with Crippen LogP contribution in [-0.2, 0) is 9.59 Å². The van der Waals surface area contributed by atoms with Crippen LogP contribution in [0.1, 0.15) is 38.5 Å². The number of carbonyl (C=O) groups is 2. The molecule has 0 radical (unpaired) electrons. The van der Waals surface area contributed by atoms with Gasteiger partial charge in [-0.05, 0) is 31.0 Å². The topological polar surface area (TPSA) is 106 Å². The summed E-state index contributed by atoms with van der Waals surface area (Å²) in [6, 6.07) is 7.20. The van der Waals surface area contributed by atoms with Crippen molar-refractivity contribution in [3.63, 3.8) is 0 Å². The molecule has 29 heavy (non-hydrogen) atoms. The molecule has 9 heteroatoms. The van der Waals surface area contributed by atoms with Gasteiger partial charge in [0.25, 0.3) is 0 Å². The van der Waals surface area contributed by atoms with E-state index in [1.807, 2.05) is 0 Å². The zero-order valence-corrected chi connectivity index (χ0v) is 16.6. The summed E-state index contributed by atoms with van der Waals surface area (Å²) >= 11 is 0. The Labute approximate surface area is 174 Å². The van der Waals surface area contributed by atoms with Crippen LogP contribution in [0, 0.1) is 5.82 Å². The molecular weight excluding hydrogens is 399 g/mol. The fraction of sp³-hybridized carbons (Fsp3) is 0.350. The molecule has 1 heterocycles. The van der Waals surface area contributed by atoms with Gasteiger partial charge in [-0.2, -0.15) is 0 Å². The van der Waals surface area contributed by atoms with E-state index in [9.17, 15) is 14.0 Å². The van der Waals surface area contributed by atoms with Crippen LogP contribution in [0.3, 0.4) is 0 Å². The second kappa shape index (κ2) is 10.6. The summed E-state index contributed by atoms with van der Waals surface area (Å²) in [4.78, 5) is 27.9. The maximum Gasteiger partial charge on any atom is 0.233 e. The highest BCUT2D eigenvalue weighted by molar-refractivity contribution is 6.03. The van der Waals surface area contributed by atoms with E-state index in [2.05, 4.69) is 15.6 Å². The van der Waals surface area contributed by atoms with Crippen molar-refractivity contribution in [2.75, 3.05) is 11.1 Å². The summed E-state index contributed by atoms with van der Waals surface area (Å²) < 4.78 is 19.7. The van der Waals surface area contributed by atoms with E-state index < -0.39 is 11.7 Å². The summed E-state index contributed by atoms with van der Waals surface area (Å²) in [6.45, 7) is 0. The Hall–Kier alpha value is -2.87. The van der Waals surface area contributed by atoms with Gasteiger partial charge in [0.15, 0.2) is 11.6 Å². The van der Waals surface area contributed by atoms with Crippen molar-refractivity contribution in [1.82, 2.24) is 10.3 Å². The van der Waals surface area contributed by atoms with Gasteiger partial charge in [0, 0.05) is 30.1 Å². The van der Waals surface area contributed by atoms with Crippen LogP contribution in [0.4, 0.5) is 15.9 Å². The SMILES string of the molecule is Cl.Nc1cc(Oc2ccc(NC(=O)CC(=O)NC3CCCCC3)cc2F)ccn1. The van der Waals surface area contributed by atoms with Gasteiger partial charge in [0.2, 0.25) is 11.8 Å². The maximum absolute atomic E-state index is 14.3. The van der Waals surface area contributed by atoms with Gasteiger partial charge < -0.3 is 21.1 Å². The van der Waals surface area contributed by atoms with Crippen molar-refractivity contribution in [1.29, 1.82) is 0 Å². The minimum absolute atomic E-state index is 0. The molecule has 4 N–H and O–H groups in total. The monoisotopic (exact) mass is 422 g/mol. The highest BCUT2D eigenvalue weighted by Gasteiger charge is 2.18. The van der Waals surface area contributed by atoms with Crippen molar-refractivity contribution in [3.05, 3.63) is 42.3 Å². The third-order valence-electron chi connectivity index (χ3n) is 4.49. The first-order chi connectivity index (χ1) is 13.5. The van der Waals surface area contributed by atoms with E-state index in [1.54, 1.807) is 6.07 Å². The number of ether oxygens (including phenoxy) is 1. The molecule has 156 valence electrons. The van der Waals surface area contributed by atoms with Crippen molar-refractivity contribution in [2.45, 2.75) is 44.6 Å². The third kappa shape index (κ3) is 6.90. The number of pyridine rings is 1. The highest BCUT2D eigenvalue weighted by Crippen LogP contribution is 2.27. The molecule has 0 bridgehead atoms. The minimum atomic E-state index is -0.653. The lowest BCUT2D eigenvalue weighted by Gasteiger charge is -2.22. The highest BCUT2D eigenvalue weighted by atomic mass is 35.5. The van der Waals surface area contributed by atoms with Gasteiger partial charge in [-0.25, -0.2) is 9.37 Å². The first-order valence-corrected chi connectivity index (χ1v) is 9.28. The summed E-state index contributed by atoms with van der Waals surface area (Å²) in [5.41, 5.74) is 5.81. The number of hydrogen-bond acceptors (Lipinski definition) is 5. The molecule has 7 nitrogen and oxygen atoms in total. The van der Waals surface area contributed by atoms with Crippen molar-refractivity contribution < 1.29 is 18.7 Å². The number of nitrogens with one attached hydrogen (secondary N) is 2. The average Bonchev–Trinajstić information content (AvgIpc) is 2.64. The molecule has 2 amide bonds. The molecule has 0 unspecified atom stereocenters. The van der Waals surface area contributed by atoms with E-state index in [0.717, 1.165) is 31.7 Å². The molecule has 1 aromatic heterocycles. The molecule has 0 aliphatic heterocycles. The van der Waals surface area contributed by atoms with Crippen LogP contribution in [0.2, 0.25) is 0 Å². The number of benzene rings is 1. The van der Waals surface area contributed by atoms with E-state index in [-0.39, 0.29) is 48.0 Å². The number of nitrogens with zero attached hydrogens (tertiary/aromatic N) is 1. The minimum Gasteiger partial charge on any atom is -0.454 e. The van der Waals surface area contributed by atoms with Crippen molar-refractivity contribution >= 4 is 35.7 Å². The van der Waals surface area contributed by atoms with Crippen LogP contribution < -0.4 is 21.1 Å². The lowest BCUT2D eigenvalue weighted by atomic mass is 9.95. The number of halogens is 2. The first kappa shape index (κ1) is 22.4. The molecule has 1 fully saturated rings. The summed E-state index contributed by atoms with van der Waals surface area (Å²) in [6.07, 6.45) is 6.43. The maximum atomic E-state index is 14.3. The van der Waals surface area contributed by atoms with Gasteiger partial charge in [-0.1, -0.05) is 19.3 Å². The van der Waals surface area contributed by atoms with Crippen LogP contribution in [0.15, 0.2) is 36.5 Å². The average molecular weight is 423 g/mol. The summed E-state index contributed by atoms with van der Waals surface area (Å²) in [7, 11) is 0. The van der Waals surface area contributed by atoms with Crippen LogP contribution in [0.5, 0.6) is 11.5 Å². The lowest BCUT2D eigenvalue weighted by molar-refractivity contribution is -0.127. The predicted molar refractivity (Wildman–Crippen MR) is 111 cm³/mol. The third-order valence-corrected chi connectivity index (χ3v) is 4.49. The number of hydrogen-bond donors (Lipinski definition) is 3. The number of aromatic nitrogens is 1. The molecule has 0 atom stereocenters. The van der Waals surface area contributed by atoms with Crippen molar-refractivity contribution in [3.8, 4) is 11.5 Å². The zero-order chi connectivity index (χ0) is 19.9. The molecule has 2 aromatic rings. The van der Waals surface area contributed by atoms with Crippen LogP contribution in [0.25, 0.3) is 0 Å². The molecular formula is C20H24ClFN4O3. The zero-order valence-electron chi connectivity index (χ0n) is 15.8. The Morgan fingerprint density at radius 1 is 1.14 bits per heavy atom. The Morgan fingerprint density at radius 3 is 2.59 bits per heavy atom. The van der Waals surface area contributed by atoms with Gasteiger partial charge in [-0.3, -0.25) is 9.59 Å². The lowest BCUT2D eigenvalue weighted by Crippen LogP contribution is -2.37. The Balaban J connectivity index is 0.00000300. The molecule has 3 rings (SSSR count). The standard InChI is InChI=1S/C20H23FN4O3.ClH/c21-16-10-14(6-7-17(16)28-15-8-9-23-18(22)11-15)25-20(27)12-19(26)24-13-4-2-1-3-5-13;/h6-11,13H,1-5,12H2,(H2,22,23)(H,24,26)(H,25,27);1H. The van der Waals surface area contributed by atoms with Gasteiger partial charge >= 0.3 is 0 Å². The number of carbonyl (C=O) groups excluding carboxylic acids is 2. The van der Waals surface area contributed by atoms with E-state index >= 15 is 0 Å². The fourth-order valence-corrected chi connectivity index (χ4v) is 3.16. The second-order valence-corrected chi connectivity index (χ2v) is 6.79. The number of rotatable bonds is 6. The normalized spacial score (nSPS) is 13.8. The van der Waals surface area contributed by atoms with Crippen molar-refractivity contribution in [2.24, 2.45) is 0 Å². The summed E-state index contributed by atoms with van der Waals surface area (Å²) in [5.74, 6) is -0.877. The van der Waals surface area contributed by atoms with E-state index in [4.69, 9.17) is 10.5 Å². The molecule has 1 aromatic carbocycles. The van der Waals surface area contributed by atoms with Crippen LogP contribution in [-0.4, -0.2) is 22.8 Å². The fourth-order valence-electron chi connectivity index (χ4n) is 3.16. The molecule has 1 saturated carbocycles. The smallest absolute Gasteiger partial charge is 0.233 e. The molecule has 0 spiro atoms.